The van der Waals surface area contributed by atoms with Crippen LogP contribution in [0.15, 0.2) is 76.0 Å². The highest BCUT2D eigenvalue weighted by atomic mass is 32.1. The van der Waals surface area contributed by atoms with Gasteiger partial charge in [0.15, 0.2) is 10.8 Å². The van der Waals surface area contributed by atoms with Crippen molar-refractivity contribution in [1.82, 2.24) is 9.88 Å². The van der Waals surface area contributed by atoms with Crippen molar-refractivity contribution in [3.05, 3.63) is 77.8 Å². The molecule has 0 aliphatic heterocycles. The molecular weight excluding hydrogens is 348 g/mol. The second-order valence-electron chi connectivity index (χ2n) is 5.78. The van der Waals surface area contributed by atoms with Gasteiger partial charge in [0.05, 0.1) is 24.8 Å². The number of thiazole rings is 1. The van der Waals surface area contributed by atoms with Crippen molar-refractivity contribution < 1.29 is 13.6 Å². The van der Waals surface area contributed by atoms with Crippen molar-refractivity contribution in [1.29, 1.82) is 0 Å². The number of amides is 1. The quantitative estimate of drug-likeness (QED) is 0.503. The summed E-state index contributed by atoms with van der Waals surface area (Å²) in [4.78, 5) is 20.0. The average Bonchev–Trinajstić information content (AvgIpc) is 3.42. The van der Waals surface area contributed by atoms with Crippen LogP contribution in [0.25, 0.3) is 22.0 Å². The van der Waals surface area contributed by atoms with Crippen molar-refractivity contribution in [2.24, 2.45) is 0 Å². The van der Waals surface area contributed by atoms with Gasteiger partial charge in [0.1, 0.15) is 10.6 Å². The number of furan rings is 2. The maximum atomic E-state index is 13.1. The smallest absolute Gasteiger partial charge is 0.266 e. The molecule has 1 amide bonds. The summed E-state index contributed by atoms with van der Waals surface area (Å²) < 4.78 is 10.8. The van der Waals surface area contributed by atoms with E-state index in [-0.39, 0.29) is 5.91 Å². The molecule has 26 heavy (non-hydrogen) atoms. The van der Waals surface area contributed by atoms with Gasteiger partial charge in [-0.1, -0.05) is 30.3 Å². The van der Waals surface area contributed by atoms with E-state index in [1.807, 2.05) is 54.6 Å². The highest BCUT2D eigenvalue weighted by Crippen LogP contribution is 2.34. The molecule has 0 bridgehead atoms. The van der Waals surface area contributed by atoms with E-state index in [4.69, 9.17) is 8.83 Å². The van der Waals surface area contributed by atoms with Crippen LogP contribution in [0.2, 0.25) is 0 Å². The second-order valence-corrected chi connectivity index (χ2v) is 6.78. The summed E-state index contributed by atoms with van der Waals surface area (Å²) in [6, 6.07) is 17.0. The molecule has 3 aromatic heterocycles. The zero-order chi connectivity index (χ0) is 17.9. The number of benzene rings is 1. The molecule has 0 spiro atoms. The summed E-state index contributed by atoms with van der Waals surface area (Å²) in [6.07, 6.45) is 3.20. The van der Waals surface area contributed by atoms with Gasteiger partial charge >= 0.3 is 0 Å². The van der Waals surface area contributed by atoms with E-state index in [0.717, 1.165) is 11.3 Å². The first kappa shape index (κ1) is 16.4. The highest BCUT2D eigenvalue weighted by Gasteiger charge is 2.24. The number of rotatable bonds is 5. The first-order chi connectivity index (χ1) is 12.7. The van der Waals surface area contributed by atoms with Crippen molar-refractivity contribution >= 4 is 17.2 Å². The molecule has 4 rings (SSSR count). The Kier molecular flexibility index (Phi) is 4.41. The molecule has 4 aromatic rings. The van der Waals surface area contributed by atoms with Gasteiger partial charge < -0.3 is 13.7 Å². The van der Waals surface area contributed by atoms with E-state index in [0.29, 0.717) is 27.9 Å². The van der Waals surface area contributed by atoms with Crippen LogP contribution in [0, 0.1) is 0 Å². The van der Waals surface area contributed by atoms with Gasteiger partial charge in [-0.15, -0.1) is 11.3 Å². The largest absolute Gasteiger partial charge is 0.467 e. The lowest BCUT2D eigenvalue weighted by atomic mass is 10.1. The van der Waals surface area contributed by atoms with Gasteiger partial charge in [-0.3, -0.25) is 4.79 Å². The van der Waals surface area contributed by atoms with Gasteiger partial charge in [-0.2, -0.15) is 0 Å². The lowest BCUT2D eigenvalue weighted by Gasteiger charge is -2.15. The summed E-state index contributed by atoms with van der Waals surface area (Å²) in [5.74, 6) is 1.29. The molecule has 0 atom stereocenters. The third kappa shape index (κ3) is 3.19. The van der Waals surface area contributed by atoms with Crippen LogP contribution in [0.3, 0.4) is 0 Å². The van der Waals surface area contributed by atoms with Crippen LogP contribution in [-0.4, -0.2) is 22.8 Å². The number of hydrogen-bond acceptors (Lipinski definition) is 5. The lowest BCUT2D eigenvalue weighted by molar-refractivity contribution is 0.0781. The first-order valence-electron chi connectivity index (χ1n) is 8.10. The summed E-state index contributed by atoms with van der Waals surface area (Å²) >= 11 is 1.33. The zero-order valence-corrected chi connectivity index (χ0v) is 14.9. The third-order valence-electron chi connectivity index (χ3n) is 3.92. The number of carbonyl (C=O) groups is 1. The predicted molar refractivity (Wildman–Crippen MR) is 99.8 cm³/mol. The van der Waals surface area contributed by atoms with Crippen LogP contribution >= 0.6 is 11.3 Å². The van der Waals surface area contributed by atoms with Crippen LogP contribution in [0.4, 0.5) is 0 Å². The molecule has 5 nitrogen and oxygen atoms in total. The van der Waals surface area contributed by atoms with Crippen molar-refractivity contribution in [3.63, 3.8) is 0 Å². The summed E-state index contributed by atoms with van der Waals surface area (Å²) in [7, 11) is 1.76. The summed E-state index contributed by atoms with van der Waals surface area (Å²) in [5.41, 5.74) is 1.56. The number of hydrogen-bond donors (Lipinski definition) is 0. The molecule has 0 aliphatic rings. The minimum Gasteiger partial charge on any atom is -0.467 e. The van der Waals surface area contributed by atoms with E-state index in [1.54, 1.807) is 24.5 Å². The van der Waals surface area contributed by atoms with E-state index in [2.05, 4.69) is 4.98 Å². The summed E-state index contributed by atoms with van der Waals surface area (Å²) in [6.45, 7) is 0.397. The standard InChI is InChI=1S/C20H16N2O3S/c1-22(13-15-9-5-11-24-15)20(23)18-17(14-7-3-2-4-8-14)21-19(26-18)16-10-6-12-25-16/h2-12H,13H2,1H3. The Morgan fingerprint density at radius 2 is 1.81 bits per heavy atom. The fraction of sp³-hybridized carbons (Fsp3) is 0.100. The molecule has 6 heteroatoms. The van der Waals surface area contributed by atoms with Gasteiger partial charge in [0.25, 0.3) is 5.91 Å². The predicted octanol–water partition coefficient (Wildman–Crippen LogP) is 4.94. The Hall–Kier alpha value is -3.12. The fourth-order valence-corrected chi connectivity index (χ4v) is 3.69. The molecule has 0 aliphatic carbocycles. The molecule has 0 N–H and O–H groups in total. The van der Waals surface area contributed by atoms with Crippen LogP contribution in [0.1, 0.15) is 15.4 Å². The maximum absolute atomic E-state index is 13.1. The molecule has 0 saturated heterocycles. The van der Waals surface area contributed by atoms with E-state index >= 15 is 0 Å². The Labute approximate surface area is 154 Å². The fourth-order valence-electron chi connectivity index (χ4n) is 2.64. The molecule has 3 heterocycles. The highest BCUT2D eigenvalue weighted by molar-refractivity contribution is 7.17. The molecule has 0 saturated carbocycles. The number of carbonyl (C=O) groups excluding carboxylic acids is 1. The first-order valence-corrected chi connectivity index (χ1v) is 8.92. The molecular formula is C20H16N2O3S. The molecule has 0 unspecified atom stereocenters. The Morgan fingerprint density at radius 3 is 2.50 bits per heavy atom. The summed E-state index contributed by atoms with van der Waals surface area (Å²) in [5, 5.41) is 0.684. The molecule has 1 aromatic carbocycles. The maximum Gasteiger partial charge on any atom is 0.266 e. The van der Waals surface area contributed by atoms with E-state index in [9.17, 15) is 4.79 Å². The van der Waals surface area contributed by atoms with Crippen LogP contribution < -0.4 is 0 Å². The normalized spacial score (nSPS) is 10.8. The van der Waals surface area contributed by atoms with Crippen molar-refractivity contribution in [2.45, 2.75) is 6.54 Å². The average molecular weight is 364 g/mol. The Balaban J connectivity index is 1.72. The Bertz CT molecular complexity index is 989. The van der Waals surface area contributed by atoms with Gasteiger partial charge in [-0.25, -0.2) is 4.98 Å². The lowest BCUT2D eigenvalue weighted by Crippen LogP contribution is -2.25. The topological polar surface area (TPSA) is 59.5 Å². The SMILES string of the molecule is CN(Cc1ccco1)C(=O)c1sc(-c2ccco2)nc1-c1ccccc1. The molecule has 0 fully saturated rings. The Morgan fingerprint density at radius 1 is 1.04 bits per heavy atom. The molecule has 0 radical (unpaired) electrons. The minimum atomic E-state index is -0.101. The second kappa shape index (κ2) is 7.01. The zero-order valence-electron chi connectivity index (χ0n) is 14.1. The van der Waals surface area contributed by atoms with Crippen LogP contribution in [-0.2, 0) is 6.54 Å². The number of aromatic nitrogens is 1. The molecule has 130 valence electrons. The monoisotopic (exact) mass is 364 g/mol. The minimum absolute atomic E-state index is 0.101. The van der Waals surface area contributed by atoms with E-state index < -0.39 is 0 Å². The van der Waals surface area contributed by atoms with E-state index in [1.165, 1.54) is 11.3 Å². The third-order valence-corrected chi connectivity index (χ3v) is 4.98. The van der Waals surface area contributed by atoms with Crippen molar-refractivity contribution in [2.75, 3.05) is 7.05 Å². The van der Waals surface area contributed by atoms with Gasteiger partial charge in [0.2, 0.25) is 0 Å². The van der Waals surface area contributed by atoms with Gasteiger partial charge in [0, 0.05) is 12.6 Å². The number of nitrogens with zero attached hydrogens (tertiary/aromatic N) is 2. The van der Waals surface area contributed by atoms with Crippen molar-refractivity contribution in [3.8, 4) is 22.0 Å². The van der Waals surface area contributed by atoms with Gasteiger partial charge in [-0.05, 0) is 24.3 Å². The van der Waals surface area contributed by atoms with Crippen LogP contribution in [0.5, 0.6) is 0 Å².